The fourth-order valence-corrected chi connectivity index (χ4v) is 4.10. The molecule has 0 spiro atoms. The molecule has 3 rings (SSSR count). The molecule has 3 nitrogen and oxygen atoms in total. The van der Waals surface area contributed by atoms with Gasteiger partial charge in [0.25, 0.3) is 0 Å². The molecule has 2 aliphatic carbocycles. The van der Waals surface area contributed by atoms with Crippen LogP contribution in [0.25, 0.3) is 0 Å². The Labute approximate surface area is 107 Å². The molecule has 2 aliphatic rings. The lowest BCUT2D eigenvalue weighted by Crippen LogP contribution is -2.20. The zero-order valence-electron chi connectivity index (χ0n) is 10.6. The van der Waals surface area contributed by atoms with Gasteiger partial charge in [-0.25, -0.2) is 4.98 Å². The van der Waals surface area contributed by atoms with E-state index in [0.29, 0.717) is 5.92 Å². The molecule has 1 heterocycles. The third-order valence-corrected chi connectivity index (χ3v) is 5.05. The molecule has 0 radical (unpaired) electrons. The fraction of sp³-hybridized carbons (Fsp3) is 0.846. The highest BCUT2D eigenvalue weighted by molar-refractivity contribution is 7.09. The average molecular weight is 251 g/mol. The van der Waals surface area contributed by atoms with Crippen molar-refractivity contribution < 1.29 is 0 Å². The summed E-state index contributed by atoms with van der Waals surface area (Å²) in [5.74, 6) is 4.33. The van der Waals surface area contributed by atoms with Crippen LogP contribution in [0, 0.1) is 17.8 Å². The number of hydrogen-bond acceptors (Lipinski definition) is 4. The van der Waals surface area contributed by atoms with E-state index in [0.717, 1.165) is 35.3 Å². The molecular formula is C13H21N3S. The summed E-state index contributed by atoms with van der Waals surface area (Å²) in [6.45, 7) is 5.39. The smallest absolute Gasteiger partial charge is 0.202 e. The second kappa shape index (κ2) is 4.56. The maximum absolute atomic E-state index is 4.53. The molecule has 0 amide bonds. The van der Waals surface area contributed by atoms with Gasteiger partial charge in [0.2, 0.25) is 5.13 Å². The highest BCUT2D eigenvalue weighted by atomic mass is 32.1. The molecule has 1 N–H and O–H groups in total. The highest BCUT2D eigenvalue weighted by Gasteiger charge is 2.39. The molecule has 3 unspecified atom stereocenters. The van der Waals surface area contributed by atoms with Crippen molar-refractivity contribution in [2.75, 3.05) is 11.9 Å². The number of nitrogens with zero attached hydrogens (tertiary/aromatic N) is 2. The lowest BCUT2D eigenvalue weighted by molar-refractivity contribution is 0.348. The molecule has 1 aromatic heterocycles. The monoisotopic (exact) mass is 251 g/mol. The third-order valence-electron chi connectivity index (χ3n) is 4.36. The quantitative estimate of drug-likeness (QED) is 0.890. The van der Waals surface area contributed by atoms with Crippen molar-refractivity contribution in [3.8, 4) is 0 Å². The van der Waals surface area contributed by atoms with E-state index in [1.54, 1.807) is 0 Å². The van der Waals surface area contributed by atoms with Gasteiger partial charge in [0, 0.05) is 24.0 Å². The van der Waals surface area contributed by atoms with Crippen molar-refractivity contribution in [3.63, 3.8) is 0 Å². The van der Waals surface area contributed by atoms with Crippen molar-refractivity contribution in [1.82, 2.24) is 9.36 Å². The Bertz CT molecular complexity index is 388. The molecule has 2 saturated carbocycles. The summed E-state index contributed by atoms with van der Waals surface area (Å²) < 4.78 is 4.38. The first-order valence-corrected chi connectivity index (χ1v) is 7.57. The Hall–Kier alpha value is -0.640. The number of rotatable bonds is 4. The Morgan fingerprint density at radius 1 is 1.35 bits per heavy atom. The highest BCUT2D eigenvalue weighted by Crippen LogP contribution is 2.48. The molecule has 17 heavy (non-hydrogen) atoms. The van der Waals surface area contributed by atoms with E-state index < -0.39 is 0 Å². The summed E-state index contributed by atoms with van der Waals surface area (Å²) in [6, 6.07) is 0. The molecule has 0 saturated heterocycles. The Morgan fingerprint density at radius 2 is 2.24 bits per heavy atom. The van der Waals surface area contributed by atoms with Gasteiger partial charge in [0.1, 0.15) is 5.82 Å². The average Bonchev–Trinajstić information content (AvgIpc) is 3.02. The van der Waals surface area contributed by atoms with Crippen LogP contribution in [0.3, 0.4) is 0 Å². The SMILES string of the molecule is CC(C)c1nsc(NCC2CC3CCC2C3)n1. The maximum atomic E-state index is 4.53. The van der Waals surface area contributed by atoms with Gasteiger partial charge in [0.05, 0.1) is 0 Å². The van der Waals surface area contributed by atoms with Crippen LogP contribution in [0.2, 0.25) is 0 Å². The first kappa shape index (κ1) is 11.5. The van der Waals surface area contributed by atoms with Crippen molar-refractivity contribution >= 4 is 16.7 Å². The standard InChI is InChI=1S/C13H21N3S/c1-8(2)12-15-13(17-16-12)14-7-11-6-9-3-4-10(11)5-9/h8-11H,3-7H2,1-2H3,(H,14,15,16). The van der Waals surface area contributed by atoms with Crippen molar-refractivity contribution in [1.29, 1.82) is 0 Å². The van der Waals surface area contributed by atoms with E-state index in [2.05, 4.69) is 28.5 Å². The van der Waals surface area contributed by atoms with Gasteiger partial charge in [-0.05, 0) is 37.0 Å². The number of aromatic nitrogens is 2. The second-order valence-corrected chi connectivity index (χ2v) is 6.68. The first-order chi connectivity index (χ1) is 8.22. The van der Waals surface area contributed by atoms with Gasteiger partial charge < -0.3 is 5.32 Å². The van der Waals surface area contributed by atoms with Gasteiger partial charge in [-0.3, -0.25) is 0 Å². The Kier molecular flexibility index (Phi) is 3.07. The van der Waals surface area contributed by atoms with Crippen LogP contribution in [0.4, 0.5) is 5.13 Å². The summed E-state index contributed by atoms with van der Waals surface area (Å²) >= 11 is 1.51. The predicted octanol–water partition coefficient (Wildman–Crippen LogP) is 3.51. The topological polar surface area (TPSA) is 37.8 Å². The molecule has 94 valence electrons. The third kappa shape index (κ3) is 2.32. The van der Waals surface area contributed by atoms with Crippen molar-refractivity contribution in [2.45, 2.75) is 45.4 Å². The molecule has 0 aromatic carbocycles. The van der Waals surface area contributed by atoms with E-state index in [1.165, 1.54) is 37.2 Å². The number of hydrogen-bond donors (Lipinski definition) is 1. The minimum Gasteiger partial charge on any atom is -0.360 e. The van der Waals surface area contributed by atoms with Gasteiger partial charge in [0.15, 0.2) is 0 Å². The minimum absolute atomic E-state index is 0.435. The number of fused-ring (bicyclic) bond motifs is 2. The largest absolute Gasteiger partial charge is 0.360 e. The van der Waals surface area contributed by atoms with Crippen LogP contribution < -0.4 is 5.32 Å². The molecule has 3 atom stereocenters. The van der Waals surface area contributed by atoms with E-state index >= 15 is 0 Å². The van der Waals surface area contributed by atoms with Gasteiger partial charge in [-0.15, -0.1) is 0 Å². The van der Waals surface area contributed by atoms with Gasteiger partial charge in [-0.2, -0.15) is 4.37 Å². The Balaban J connectivity index is 1.53. The summed E-state index contributed by atoms with van der Waals surface area (Å²) in [7, 11) is 0. The van der Waals surface area contributed by atoms with Crippen LogP contribution in [0.15, 0.2) is 0 Å². The molecule has 4 heteroatoms. The molecule has 2 fully saturated rings. The van der Waals surface area contributed by atoms with Crippen LogP contribution in [0.1, 0.15) is 51.3 Å². The van der Waals surface area contributed by atoms with Crippen LogP contribution in [-0.4, -0.2) is 15.9 Å². The van der Waals surface area contributed by atoms with Crippen molar-refractivity contribution in [3.05, 3.63) is 5.82 Å². The first-order valence-electron chi connectivity index (χ1n) is 6.80. The zero-order chi connectivity index (χ0) is 11.8. The minimum atomic E-state index is 0.435. The molecule has 0 aliphatic heterocycles. The summed E-state index contributed by atoms with van der Waals surface area (Å²) in [5, 5.41) is 4.50. The summed E-state index contributed by atoms with van der Waals surface area (Å²) in [4.78, 5) is 4.53. The normalized spacial score (nSPS) is 31.4. The van der Waals surface area contributed by atoms with E-state index in [1.807, 2.05) is 0 Å². The van der Waals surface area contributed by atoms with E-state index in [-0.39, 0.29) is 0 Å². The maximum Gasteiger partial charge on any atom is 0.202 e. The molecule has 2 bridgehead atoms. The predicted molar refractivity (Wildman–Crippen MR) is 71.4 cm³/mol. The zero-order valence-corrected chi connectivity index (χ0v) is 11.5. The van der Waals surface area contributed by atoms with Crippen LogP contribution in [0.5, 0.6) is 0 Å². The number of anilines is 1. The van der Waals surface area contributed by atoms with E-state index in [4.69, 9.17) is 0 Å². The second-order valence-electron chi connectivity index (χ2n) is 5.93. The lowest BCUT2D eigenvalue weighted by atomic mass is 9.89. The van der Waals surface area contributed by atoms with Crippen molar-refractivity contribution in [2.24, 2.45) is 17.8 Å². The van der Waals surface area contributed by atoms with Gasteiger partial charge >= 0.3 is 0 Å². The number of nitrogens with one attached hydrogen (secondary N) is 1. The Morgan fingerprint density at radius 3 is 2.82 bits per heavy atom. The fourth-order valence-electron chi connectivity index (χ4n) is 3.39. The van der Waals surface area contributed by atoms with Gasteiger partial charge in [-0.1, -0.05) is 20.3 Å². The summed E-state index contributed by atoms with van der Waals surface area (Å²) in [6.07, 6.45) is 5.87. The molecular weight excluding hydrogens is 230 g/mol. The van der Waals surface area contributed by atoms with E-state index in [9.17, 15) is 0 Å². The summed E-state index contributed by atoms with van der Waals surface area (Å²) in [5.41, 5.74) is 0. The lowest BCUT2D eigenvalue weighted by Gasteiger charge is -2.21. The van der Waals surface area contributed by atoms with Crippen LogP contribution in [-0.2, 0) is 0 Å². The molecule has 1 aromatic rings. The van der Waals surface area contributed by atoms with Crippen LogP contribution >= 0.6 is 11.5 Å².